The highest BCUT2D eigenvalue weighted by molar-refractivity contribution is 5.84. The zero-order valence-corrected chi connectivity index (χ0v) is 15.0. The molecule has 0 bridgehead atoms. The number of hydrogen-bond acceptors (Lipinski definition) is 6. The summed E-state index contributed by atoms with van der Waals surface area (Å²) < 4.78 is 0. The minimum Gasteiger partial charge on any atom is -0.378 e. The van der Waals surface area contributed by atoms with Crippen LogP contribution in [0.3, 0.4) is 0 Å². The predicted molar refractivity (Wildman–Crippen MR) is 109 cm³/mol. The van der Waals surface area contributed by atoms with E-state index in [9.17, 15) is 9.59 Å². The number of benzene rings is 2. The molecule has 0 saturated heterocycles. The van der Waals surface area contributed by atoms with Gasteiger partial charge in [0.2, 0.25) is 0 Å². The topological polar surface area (TPSA) is 90.1 Å². The summed E-state index contributed by atoms with van der Waals surface area (Å²) in [6.45, 7) is 0.464. The van der Waals surface area contributed by atoms with Gasteiger partial charge in [-0.1, -0.05) is 12.1 Å². The Hall–Kier alpha value is -3.61. The summed E-state index contributed by atoms with van der Waals surface area (Å²) in [6, 6.07) is 13.5. The molecule has 0 saturated carbocycles. The van der Waals surface area contributed by atoms with Gasteiger partial charge in [0.15, 0.2) is 0 Å². The second-order valence-corrected chi connectivity index (χ2v) is 6.58. The number of aromatic amines is 1. The second-order valence-electron chi connectivity index (χ2n) is 6.58. The molecule has 0 radical (unpaired) electrons. The van der Waals surface area contributed by atoms with Crippen LogP contribution in [-0.4, -0.2) is 24.1 Å². The third-order valence-corrected chi connectivity index (χ3v) is 4.52. The van der Waals surface area contributed by atoms with Crippen molar-refractivity contribution in [3.63, 3.8) is 0 Å². The molecule has 0 aliphatic rings. The molecular formula is C20H19N5O2. The molecule has 0 atom stereocenters. The molecule has 27 heavy (non-hydrogen) atoms. The molecule has 3 N–H and O–H groups in total. The van der Waals surface area contributed by atoms with Crippen LogP contribution in [0.1, 0.15) is 5.56 Å². The molecule has 0 amide bonds. The van der Waals surface area contributed by atoms with Crippen molar-refractivity contribution in [3.05, 3.63) is 74.8 Å². The number of rotatable bonds is 6. The Morgan fingerprint density at radius 1 is 1.00 bits per heavy atom. The van der Waals surface area contributed by atoms with Crippen molar-refractivity contribution in [1.82, 2.24) is 9.97 Å². The first-order chi connectivity index (χ1) is 13.0. The third kappa shape index (κ3) is 3.15. The number of nitrogens with zero attached hydrogens (tertiary/aromatic N) is 2. The molecule has 7 nitrogen and oxygen atoms in total. The zero-order chi connectivity index (χ0) is 19.0. The molecule has 0 fully saturated rings. The van der Waals surface area contributed by atoms with Gasteiger partial charge in [-0.25, -0.2) is 4.98 Å². The molecule has 3 aromatic carbocycles. The fraction of sp³-hybridized carbons (Fsp3) is 0.150. The summed E-state index contributed by atoms with van der Waals surface area (Å²) in [5.41, 5.74) is 4.13. The van der Waals surface area contributed by atoms with E-state index in [2.05, 4.69) is 20.6 Å². The molecule has 0 unspecified atom stereocenters. The van der Waals surface area contributed by atoms with Gasteiger partial charge in [0.25, 0.3) is 10.9 Å². The monoisotopic (exact) mass is 361 g/mol. The third-order valence-electron chi connectivity index (χ3n) is 4.52. The highest BCUT2D eigenvalue weighted by Gasteiger charge is 2.21. The molecule has 1 aromatic heterocycles. The normalized spacial score (nSPS) is 11.0. The van der Waals surface area contributed by atoms with Gasteiger partial charge in [0, 0.05) is 32.0 Å². The number of hydrogen-bond donors (Lipinski definition) is 3. The van der Waals surface area contributed by atoms with E-state index >= 15 is 0 Å². The minimum absolute atomic E-state index is 0.291. The highest BCUT2D eigenvalue weighted by atomic mass is 16.2. The van der Waals surface area contributed by atoms with E-state index in [1.54, 1.807) is 6.33 Å². The molecule has 0 spiro atoms. The van der Waals surface area contributed by atoms with Crippen LogP contribution >= 0.6 is 0 Å². The lowest BCUT2D eigenvalue weighted by atomic mass is 10.1. The molecular weight excluding hydrogens is 342 g/mol. The van der Waals surface area contributed by atoms with E-state index in [-0.39, 0.29) is 0 Å². The van der Waals surface area contributed by atoms with Crippen LogP contribution in [0.4, 0.5) is 22.7 Å². The summed E-state index contributed by atoms with van der Waals surface area (Å²) >= 11 is 0. The largest absolute Gasteiger partial charge is 0.378 e. The number of H-pyrrole nitrogens is 1. The molecule has 1 heterocycles. The van der Waals surface area contributed by atoms with E-state index in [1.807, 2.05) is 61.5 Å². The second kappa shape index (κ2) is 6.60. The Bertz CT molecular complexity index is 1170. The zero-order valence-electron chi connectivity index (χ0n) is 15.0. The van der Waals surface area contributed by atoms with Gasteiger partial charge in [-0.3, -0.25) is 9.59 Å². The maximum absolute atomic E-state index is 12.0. The van der Waals surface area contributed by atoms with Gasteiger partial charge in [0.05, 0.1) is 17.4 Å². The van der Waals surface area contributed by atoms with E-state index in [1.165, 1.54) is 0 Å². The van der Waals surface area contributed by atoms with Crippen molar-refractivity contribution >= 4 is 33.8 Å². The van der Waals surface area contributed by atoms with Crippen LogP contribution in [0.2, 0.25) is 0 Å². The number of anilines is 4. The number of imidazole rings is 1. The summed E-state index contributed by atoms with van der Waals surface area (Å²) in [5.74, 6) is 0. The molecule has 7 heteroatoms. The molecule has 0 aliphatic heterocycles. The quantitative estimate of drug-likeness (QED) is 0.457. The van der Waals surface area contributed by atoms with Crippen molar-refractivity contribution in [2.24, 2.45) is 0 Å². The van der Waals surface area contributed by atoms with Crippen LogP contribution in [0.5, 0.6) is 0 Å². The Balaban J connectivity index is 1.50. The van der Waals surface area contributed by atoms with E-state index < -0.39 is 10.9 Å². The van der Waals surface area contributed by atoms with Gasteiger partial charge in [0.1, 0.15) is 11.4 Å². The Morgan fingerprint density at radius 2 is 1.74 bits per heavy atom. The Morgan fingerprint density at radius 3 is 2.48 bits per heavy atom. The van der Waals surface area contributed by atoms with Crippen LogP contribution in [0.25, 0.3) is 11.0 Å². The van der Waals surface area contributed by atoms with Gasteiger partial charge in [-0.15, -0.1) is 0 Å². The molecule has 4 rings (SSSR count). The Kier molecular flexibility index (Phi) is 4.12. The van der Waals surface area contributed by atoms with Crippen LogP contribution in [-0.2, 0) is 6.54 Å². The smallest absolute Gasteiger partial charge is 0.253 e. The van der Waals surface area contributed by atoms with Crippen molar-refractivity contribution in [1.29, 1.82) is 0 Å². The predicted octanol–water partition coefficient (Wildman–Crippen LogP) is 2.58. The summed E-state index contributed by atoms with van der Waals surface area (Å²) in [7, 11) is 3.96. The average Bonchev–Trinajstić information content (AvgIpc) is 3.15. The van der Waals surface area contributed by atoms with Gasteiger partial charge < -0.3 is 20.5 Å². The molecule has 0 aliphatic carbocycles. The lowest BCUT2D eigenvalue weighted by Gasteiger charge is -2.16. The SMILES string of the molecule is CN(C)c1ccc(CNc2c(Nc3ccc4[nH]cnc4c3)c(=O)c2=O)cc1. The summed E-state index contributed by atoms with van der Waals surface area (Å²) in [6.07, 6.45) is 1.61. The number of fused-ring (bicyclic) bond motifs is 1. The average molecular weight is 361 g/mol. The van der Waals surface area contributed by atoms with E-state index in [0.717, 1.165) is 22.3 Å². The summed E-state index contributed by atoms with van der Waals surface area (Å²) in [5, 5.41) is 6.12. The Labute approximate surface area is 155 Å². The lowest BCUT2D eigenvalue weighted by Crippen LogP contribution is -2.36. The first-order valence-corrected chi connectivity index (χ1v) is 8.56. The van der Waals surface area contributed by atoms with E-state index in [0.29, 0.717) is 23.6 Å². The van der Waals surface area contributed by atoms with Gasteiger partial charge in [-0.2, -0.15) is 0 Å². The number of aromatic nitrogens is 2. The van der Waals surface area contributed by atoms with Crippen LogP contribution in [0.15, 0.2) is 58.4 Å². The van der Waals surface area contributed by atoms with E-state index in [4.69, 9.17) is 0 Å². The maximum Gasteiger partial charge on any atom is 0.253 e. The first kappa shape index (κ1) is 16.8. The van der Waals surface area contributed by atoms with Gasteiger partial charge in [-0.05, 0) is 35.9 Å². The van der Waals surface area contributed by atoms with Crippen LogP contribution < -0.4 is 26.4 Å². The summed E-state index contributed by atoms with van der Waals surface area (Å²) in [4.78, 5) is 33.2. The molecule has 136 valence electrons. The standard InChI is InChI=1S/C20H19N5O2/c1-25(2)14-6-3-12(4-7-14)10-21-17-18(20(27)19(17)26)24-13-5-8-15-16(9-13)23-11-22-15/h3-9,11,21,24H,10H2,1-2H3,(H,22,23). The van der Waals surface area contributed by atoms with Crippen molar-refractivity contribution in [2.75, 3.05) is 29.6 Å². The van der Waals surface area contributed by atoms with Crippen molar-refractivity contribution in [2.45, 2.75) is 6.54 Å². The molecule has 4 aromatic rings. The van der Waals surface area contributed by atoms with Crippen LogP contribution in [0, 0.1) is 0 Å². The number of nitrogens with one attached hydrogen (secondary N) is 3. The fourth-order valence-corrected chi connectivity index (χ4v) is 2.94. The maximum atomic E-state index is 12.0. The highest BCUT2D eigenvalue weighted by Crippen LogP contribution is 2.23. The van der Waals surface area contributed by atoms with Gasteiger partial charge >= 0.3 is 0 Å². The minimum atomic E-state index is -0.511. The van der Waals surface area contributed by atoms with Crippen molar-refractivity contribution in [3.8, 4) is 0 Å². The lowest BCUT2D eigenvalue weighted by molar-refractivity contribution is 1.10. The van der Waals surface area contributed by atoms with Crippen molar-refractivity contribution < 1.29 is 0 Å². The first-order valence-electron chi connectivity index (χ1n) is 8.56. The fourth-order valence-electron chi connectivity index (χ4n) is 2.94.